The molecule has 1 aromatic carbocycles. The fraction of sp³-hybridized carbons (Fsp3) is 0.429. The summed E-state index contributed by atoms with van der Waals surface area (Å²) in [6.07, 6.45) is 0.998. The minimum Gasteiger partial charge on any atom is -0.466 e. The lowest BCUT2D eigenvalue weighted by Crippen LogP contribution is -2.11. The van der Waals surface area contributed by atoms with Gasteiger partial charge < -0.3 is 4.74 Å². The highest BCUT2D eigenvalue weighted by atomic mass is 16.5. The Hall–Kier alpha value is -1.82. The lowest BCUT2D eigenvalue weighted by Gasteiger charge is -2.12. The van der Waals surface area contributed by atoms with Gasteiger partial charge in [-0.25, -0.2) is 0 Å². The van der Waals surface area contributed by atoms with Crippen molar-refractivity contribution in [2.24, 2.45) is 0 Å². The number of carbonyl (C=O) groups excluding carboxylic acids is 1. The van der Waals surface area contributed by atoms with Crippen molar-refractivity contribution in [1.29, 1.82) is 5.26 Å². The van der Waals surface area contributed by atoms with Crippen LogP contribution in [0.15, 0.2) is 12.1 Å². The van der Waals surface area contributed by atoms with E-state index in [0.29, 0.717) is 12.2 Å². The van der Waals surface area contributed by atoms with E-state index in [9.17, 15) is 4.79 Å². The standard InChI is InChI=1S/C14H17NO2/c1-4-12-11(9-15)7-6-10(3)13(12)8-14(16)17-5-2/h6-7H,4-5,8H2,1-3H3. The maximum Gasteiger partial charge on any atom is 0.310 e. The Morgan fingerprint density at radius 2 is 2.06 bits per heavy atom. The number of ether oxygens (including phenoxy) is 1. The Bertz CT molecular complexity index is 458. The number of rotatable bonds is 4. The molecule has 0 aliphatic heterocycles. The van der Waals surface area contributed by atoms with Gasteiger partial charge in [-0.3, -0.25) is 4.79 Å². The Kier molecular flexibility index (Phi) is 4.71. The van der Waals surface area contributed by atoms with Crippen LogP contribution in [0.1, 0.15) is 36.1 Å². The molecule has 3 nitrogen and oxygen atoms in total. The average Bonchev–Trinajstić information content (AvgIpc) is 2.31. The monoisotopic (exact) mass is 231 g/mol. The molecule has 1 aromatic rings. The highest BCUT2D eigenvalue weighted by Crippen LogP contribution is 2.20. The fourth-order valence-electron chi connectivity index (χ4n) is 1.92. The summed E-state index contributed by atoms with van der Waals surface area (Å²) in [6, 6.07) is 5.86. The van der Waals surface area contributed by atoms with Crippen molar-refractivity contribution < 1.29 is 9.53 Å². The number of nitrogens with zero attached hydrogens (tertiary/aromatic N) is 1. The van der Waals surface area contributed by atoms with Crippen molar-refractivity contribution in [3.8, 4) is 6.07 Å². The molecule has 0 spiro atoms. The number of hydrogen-bond donors (Lipinski definition) is 0. The normalized spacial score (nSPS) is 9.76. The van der Waals surface area contributed by atoms with Crippen molar-refractivity contribution in [3.63, 3.8) is 0 Å². The second-order valence-electron chi connectivity index (χ2n) is 3.83. The van der Waals surface area contributed by atoms with E-state index in [4.69, 9.17) is 10.00 Å². The molecule has 0 atom stereocenters. The molecular weight excluding hydrogens is 214 g/mol. The maximum absolute atomic E-state index is 11.5. The molecule has 17 heavy (non-hydrogen) atoms. The zero-order chi connectivity index (χ0) is 12.8. The van der Waals surface area contributed by atoms with Gasteiger partial charge in [0.15, 0.2) is 0 Å². The summed E-state index contributed by atoms with van der Waals surface area (Å²) in [5, 5.41) is 9.04. The summed E-state index contributed by atoms with van der Waals surface area (Å²) < 4.78 is 4.95. The summed E-state index contributed by atoms with van der Waals surface area (Å²) in [5.74, 6) is -0.236. The number of hydrogen-bond acceptors (Lipinski definition) is 3. The molecule has 0 N–H and O–H groups in total. The van der Waals surface area contributed by atoms with E-state index in [1.807, 2.05) is 26.0 Å². The highest BCUT2D eigenvalue weighted by molar-refractivity contribution is 5.74. The van der Waals surface area contributed by atoms with Crippen LogP contribution in [0.5, 0.6) is 0 Å². The minimum absolute atomic E-state index is 0.236. The Morgan fingerprint density at radius 3 is 2.59 bits per heavy atom. The second-order valence-corrected chi connectivity index (χ2v) is 3.83. The molecule has 0 aliphatic carbocycles. The second kappa shape index (κ2) is 6.05. The molecule has 0 saturated heterocycles. The predicted molar refractivity (Wildman–Crippen MR) is 65.6 cm³/mol. The van der Waals surface area contributed by atoms with Crippen molar-refractivity contribution in [3.05, 3.63) is 34.4 Å². The molecule has 0 unspecified atom stereocenters. The van der Waals surface area contributed by atoms with Crippen LogP contribution in [0.4, 0.5) is 0 Å². The molecule has 0 aromatic heterocycles. The molecular formula is C14H17NO2. The van der Waals surface area contributed by atoms with Gasteiger partial charge in [0.25, 0.3) is 0 Å². The first kappa shape index (κ1) is 13.2. The van der Waals surface area contributed by atoms with Gasteiger partial charge in [0, 0.05) is 0 Å². The van der Waals surface area contributed by atoms with E-state index in [1.54, 1.807) is 6.92 Å². The van der Waals surface area contributed by atoms with Crippen molar-refractivity contribution in [1.82, 2.24) is 0 Å². The summed E-state index contributed by atoms with van der Waals surface area (Å²) in [5.41, 5.74) is 3.58. The van der Waals surface area contributed by atoms with Gasteiger partial charge in [0.1, 0.15) is 0 Å². The molecule has 0 bridgehead atoms. The lowest BCUT2D eigenvalue weighted by molar-refractivity contribution is -0.142. The maximum atomic E-state index is 11.5. The van der Waals surface area contributed by atoms with Gasteiger partial charge in [-0.15, -0.1) is 0 Å². The summed E-state index contributed by atoms with van der Waals surface area (Å²) in [4.78, 5) is 11.5. The molecule has 0 heterocycles. The van der Waals surface area contributed by atoms with Crippen molar-refractivity contribution >= 4 is 5.97 Å². The molecule has 1 rings (SSSR count). The van der Waals surface area contributed by atoms with E-state index in [1.165, 1.54) is 0 Å². The van der Waals surface area contributed by atoms with Crippen LogP contribution in [-0.2, 0) is 22.4 Å². The summed E-state index contributed by atoms with van der Waals surface area (Å²) >= 11 is 0. The van der Waals surface area contributed by atoms with Gasteiger partial charge in [-0.1, -0.05) is 13.0 Å². The Labute approximate surface area is 102 Å². The largest absolute Gasteiger partial charge is 0.466 e. The average molecular weight is 231 g/mol. The van der Waals surface area contributed by atoms with Gasteiger partial charge in [-0.2, -0.15) is 5.26 Å². The Morgan fingerprint density at radius 1 is 1.35 bits per heavy atom. The third-order valence-corrected chi connectivity index (χ3v) is 2.77. The quantitative estimate of drug-likeness (QED) is 0.748. The van der Waals surface area contributed by atoms with Gasteiger partial charge >= 0.3 is 5.97 Å². The third-order valence-electron chi connectivity index (χ3n) is 2.77. The van der Waals surface area contributed by atoms with Gasteiger partial charge in [-0.05, 0) is 43.0 Å². The Balaban J connectivity index is 3.13. The van der Waals surface area contributed by atoms with Crippen molar-refractivity contribution in [2.45, 2.75) is 33.6 Å². The first-order valence-electron chi connectivity index (χ1n) is 5.81. The van der Waals surface area contributed by atoms with Crippen LogP contribution in [0.2, 0.25) is 0 Å². The molecule has 0 radical (unpaired) electrons. The van der Waals surface area contributed by atoms with Crippen LogP contribution < -0.4 is 0 Å². The molecule has 0 saturated carbocycles. The van der Waals surface area contributed by atoms with Crippen LogP contribution in [0.25, 0.3) is 0 Å². The topological polar surface area (TPSA) is 50.1 Å². The van der Waals surface area contributed by atoms with Crippen molar-refractivity contribution in [2.75, 3.05) is 6.61 Å². The van der Waals surface area contributed by atoms with E-state index in [2.05, 4.69) is 6.07 Å². The molecule has 0 fully saturated rings. The van der Waals surface area contributed by atoms with E-state index in [-0.39, 0.29) is 12.4 Å². The van der Waals surface area contributed by atoms with Crippen LogP contribution in [0, 0.1) is 18.3 Å². The third kappa shape index (κ3) is 3.07. The van der Waals surface area contributed by atoms with E-state index < -0.39 is 0 Å². The first-order chi connectivity index (χ1) is 8.13. The van der Waals surface area contributed by atoms with Crippen LogP contribution in [-0.4, -0.2) is 12.6 Å². The molecule has 0 amide bonds. The first-order valence-corrected chi connectivity index (χ1v) is 5.81. The number of benzene rings is 1. The van der Waals surface area contributed by atoms with Gasteiger partial charge in [0.2, 0.25) is 0 Å². The SMILES string of the molecule is CCOC(=O)Cc1c(C)ccc(C#N)c1CC. The van der Waals surface area contributed by atoms with E-state index in [0.717, 1.165) is 23.1 Å². The number of esters is 1. The number of carbonyl (C=O) groups is 1. The van der Waals surface area contributed by atoms with Crippen LogP contribution in [0.3, 0.4) is 0 Å². The highest BCUT2D eigenvalue weighted by Gasteiger charge is 2.13. The number of nitriles is 1. The molecule has 3 heteroatoms. The van der Waals surface area contributed by atoms with Crippen LogP contribution >= 0.6 is 0 Å². The smallest absolute Gasteiger partial charge is 0.310 e. The lowest BCUT2D eigenvalue weighted by atomic mass is 9.93. The molecule has 90 valence electrons. The van der Waals surface area contributed by atoms with E-state index >= 15 is 0 Å². The predicted octanol–water partition coefficient (Wildman–Crippen LogP) is 2.53. The minimum atomic E-state index is -0.236. The number of aryl methyl sites for hydroxylation is 1. The van der Waals surface area contributed by atoms with Gasteiger partial charge in [0.05, 0.1) is 24.7 Å². The zero-order valence-electron chi connectivity index (χ0n) is 10.5. The zero-order valence-corrected chi connectivity index (χ0v) is 10.5. The summed E-state index contributed by atoms with van der Waals surface area (Å²) in [7, 11) is 0. The molecule has 0 aliphatic rings. The summed E-state index contributed by atoms with van der Waals surface area (Å²) in [6.45, 7) is 6.12. The fourth-order valence-corrected chi connectivity index (χ4v) is 1.92.